The van der Waals surface area contributed by atoms with Crippen LogP contribution in [0.15, 0.2) is 53.4 Å². The van der Waals surface area contributed by atoms with Crippen molar-refractivity contribution < 1.29 is 17.9 Å². The number of hydrogen-bond acceptors (Lipinski definition) is 5. The van der Waals surface area contributed by atoms with Crippen LogP contribution in [0, 0.1) is 6.92 Å². The maximum atomic E-state index is 13.3. The van der Waals surface area contributed by atoms with Crippen molar-refractivity contribution in [1.82, 2.24) is 14.5 Å². The minimum atomic E-state index is -3.89. The molecule has 0 spiro atoms. The Morgan fingerprint density at radius 3 is 2.48 bits per heavy atom. The summed E-state index contributed by atoms with van der Waals surface area (Å²) in [6, 6.07) is 13.6. The van der Waals surface area contributed by atoms with E-state index < -0.39 is 10.0 Å². The first-order valence-electron chi connectivity index (χ1n) is 10.2. The fourth-order valence-electron chi connectivity index (χ4n) is 3.30. The molecule has 9 heteroatoms. The molecule has 1 amide bonds. The van der Waals surface area contributed by atoms with E-state index in [1.165, 1.54) is 4.31 Å². The number of halogens is 1. The summed E-state index contributed by atoms with van der Waals surface area (Å²) in [6.45, 7) is 5.79. The Morgan fingerprint density at radius 1 is 1.13 bits per heavy atom. The Morgan fingerprint density at radius 2 is 1.81 bits per heavy atom. The van der Waals surface area contributed by atoms with E-state index in [0.717, 1.165) is 18.7 Å². The van der Waals surface area contributed by atoms with Crippen LogP contribution in [0.1, 0.15) is 11.1 Å². The second-order valence-corrected chi connectivity index (χ2v) is 9.83. The molecular weight excluding hydrogens is 438 g/mol. The van der Waals surface area contributed by atoms with Crippen LogP contribution in [-0.4, -0.2) is 69.5 Å². The Hall–Kier alpha value is -1.97. The van der Waals surface area contributed by atoms with Crippen LogP contribution >= 0.6 is 11.6 Å². The van der Waals surface area contributed by atoms with Crippen molar-refractivity contribution >= 4 is 27.5 Å². The normalized spacial score (nSPS) is 15.2. The smallest absolute Gasteiger partial charge is 0.243 e. The third kappa shape index (κ3) is 6.75. The van der Waals surface area contributed by atoms with Crippen LogP contribution in [0.2, 0.25) is 5.02 Å². The minimum Gasteiger partial charge on any atom is -0.379 e. The highest BCUT2D eigenvalue weighted by Crippen LogP contribution is 2.22. The molecule has 0 aromatic heterocycles. The van der Waals surface area contributed by atoms with Gasteiger partial charge in [-0.25, -0.2) is 8.42 Å². The van der Waals surface area contributed by atoms with Gasteiger partial charge in [-0.2, -0.15) is 4.31 Å². The summed E-state index contributed by atoms with van der Waals surface area (Å²) in [5.41, 5.74) is 1.60. The number of ether oxygens (including phenoxy) is 1. The molecule has 3 rings (SSSR count). The highest BCUT2D eigenvalue weighted by molar-refractivity contribution is 7.89. The van der Waals surface area contributed by atoms with Crippen molar-refractivity contribution in [2.24, 2.45) is 0 Å². The van der Waals surface area contributed by atoms with E-state index in [1.807, 2.05) is 6.92 Å². The molecule has 31 heavy (non-hydrogen) atoms. The molecule has 2 aromatic carbocycles. The van der Waals surface area contributed by atoms with E-state index in [4.69, 9.17) is 16.3 Å². The summed E-state index contributed by atoms with van der Waals surface area (Å²) in [7, 11) is -3.89. The fourth-order valence-corrected chi connectivity index (χ4v) is 4.87. The van der Waals surface area contributed by atoms with Crippen LogP contribution in [-0.2, 0) is 26.1 Å². The van der Waals surface area contributed by atoms with Crippen molar-refractivity contribution in [3.63, 3.8) is 0 Å². The molecule has 0 saturated carbocycles. The van der Waals surface area contributed by atoms with Gasteiger partial charge < -0.3 is 10.1 Å². The molecule has 0 bridgehead atoms. The van der Waals surface area contributed by atoms with Gasteiger partial charge in [0.1, 0.15) is 0 Å². The number of carbonyl (C=O) groups excluding carboxylic acids is 1. The first-order chi connectivity index (χ1) is 14.9. The number of carbonyl (C=O) groups is 1. The summed E-state index contributed by atoms with van der Waals surface area (Å²) >= 11 is 6.25. The van der Waals surface area contributed by atoms with Crippen LogP contribution in [0.4, 0.5) is 0 Å². The SMILES string of the molecule is Cc1ccc(S(=O)(=O)N(CC(=O)NCCN2CCOCC2)Cc2ccccc2Cl)cc1. The van der Waals surface area contributed by atoms with Crippen molar-refractivity contribution in [1.29, 1.82) is 0 Å². The highest BCUT2D eigenvalue weighted by Gasteiger charge is 2.27. The Bertz CT molecular complexity index is 977. The predicted octanol–water partition coefficient (Wildman–Crippen LogP) is 2.29. The summed E-state index contributed by atoms with van der Waals surface area (Å²) in [6.07, 6.45) is 0. The van der Waals surface area contributed by atoms with Gasteiger partial charge in [-0.15, -0.1) is 0 Å². The highest BCUT2D eigenvalue weighted by atomic mass is 35.5. The molecule has 1 N–H and O–H groups in total. The van der Waals surface area contributed by atoms with Gasteiger partial charge in [-0.1, -0.05) is 47.5 Å². The van der Waals surface area contributed by atoms with Crippen LogP contribution in [0.5, 0.6) is 0 Å². The first kappa shape index (κ1) is 23.7. The van der Waals surface area contributed by atoms with E-state index in [0.29, 0.717) is 36.9 Å². The summed E-state index contributed by atoms with van der Waals surface area (Å²) in [5, 5.41) is 3.29. The molecule has 168 valence electrons. The van der Waals surface area contributed by atoms with Gasteiger partial charge in [0.15, 0.2) is 0 Å². The summed E-state index contributed by atoms with van der Waals surface area (Å²) in [4.78, 5) is 15.0. The fraction of sp³-hybridized carbons (Fsp3) is 0.409. The van der Waals surface area contributed by atoms with E-state index in [1.54, 1.807) is 48.5 Å². The molecule has 1 aliphatic rings. The zero-order chi connectivity index (χ0) is 22.3. The number of aryl methyl sites for hydroxylation is 1. The van der Waals surface area contributed by atoms with E-state index >= 15 is 0 Å². The lowest BCUT2D eigenvalue weighted by Gasteiger charge is -2.27. The third-order valence-corrected chi connectivity index (χ3v) is 7.31. The van der Waals surface area contributed by atoms with Crippen LogP contribution in [0.25, 0.3) is 0 Å². The minimum absolute atomic E-state index is 0.00671. The second kappa shape index (κ2) is 11.1. The lowest BCUT2D eigenvalue weighted by Crippen LogP contribution is -2.44. The number of nitrogens with zero attached hydrogens (tertiary/aromatic N) is 2. The zero-order valence-corrected chi connectivity index (χ0v) is 19.2. The maximum absolute atomic E-state index is 13.3. The van der Waals surface area contributed by atoms with Crippen molar-refractivity contribution in [2.45, 2.75) is 18.4 Å². The predicted molar refractivity (Wildman–Crippen MR) is 120 cm³/mol. The quantitative estimate of drug-likeness (QED) is 0.614. The van der Waals surface area contributed by atoms with Gasteiger partial charge in [0, 0.05) is 37.7 Å². The molecule has 1 saturated heterocycles. The molecule has 1 fully saturated rings. The average molecular weight is 466 g/mol. The average Bonchev–Trinajstić information content (AvgIpc) is 2.76. The summed E-state index contributed by atoms with van der Waals surface area (Å²) in [5.74, 6) is -0.351. The molecule has 1 aliphatic heterocycles. The van der Waals surface area contributed by atoms with E-state index in [2.05, 4.69) is 10.2 Å². The Kier molecular flexibility index (Phi) is 8.45. The molecule has 0 unspecified atom stereocenters. The number of morpholine rings is 1. The van der Waals surface area contributed by atoms with Crippen molar-refractivity contribution in [3.8, 4) is 0 Å². The molecular formula is C22H28ClN3O4S. The number of amides is 1. The zero-order valence-electron chi connectivity index (χ0n) is 17.6. The van der Waals surface area contributed by atoms with Gasteiger partial charge in [0.2, 0.25) is 15.9 Å². The molecule has 2 aromatic rings. The number of rotatable bonds is 9. The van der Waals surface area contributed by atoms with Crippen LogP contribution in [0.3, 0.4) is 0 Å². The van der Waals surface area contributed by atoms with E-state index in [9.17, 15) is 13.2 Å². The maximum Gasteiger partial charge on any atom is 0.243 e. The van der Waals surface area contributed by atoms with Crippen molar-refractivity contribution in [2.75, 3.05) is 45.9 Å². The number of sulfonamides is 1. The van der Waals surface area contributed by atoms with E-state index in [-0.39, 0.29) is 23.9 Å². The molecule has 1 heterocycles. The number of hydrogen-bond donors (Lipinski definition) is 1. The molecule has 0 radical (unpaired) electrons. The Labute approximate surface area is 189 Å². The van der Waals surface area contributed by atoms with Gasteiger partial charge in [-0.3, -0.25) is 9.69 Å². The van der Waals surface area contributed by atoms with Gasteiger partial charge in [0.25, 0.3) is 0 Å². The third-order valence-electron chi connectivity index (χ3n) is 5.14. The Balaban J connectivity index is 1.71. The monoisotopic (exact) mass is 465 g/mol. The topological polar surface area (TPSA) is 79.0 Å². The van der Waals surface area contributed by atoms with Gasteiger partial charge >= 0.3 is 0 Å². The van der Waals surface area contributed by atoms with Gasteiger partial charge in [0.05, 0.1) is 24.7 Å². The lowest BCUT2D eigenvalue weighted by atomic mass is 10.2. The second-order valence-electron chi connectivity index (χ2n) is 7.48. The summed E-state index contributed by atoms with van der Waals surface area (Å²) < 4.78 is 33.1. The number of benzene rings is 2. The van der Waals surface area contributed by atoms with Gasteiger partial charge in [-0.05, 0) is 30.7 Å². The largest absolute Gasteiger partial charge is 0.379 e. The molecule has 0 atom stereocenters. The van der Waals surface area contributed by atoms with Crippen molar-refractivity contribution in [3.05, 3.63) is 64.7 Å². The molecule has 0 aliphatic carbocycles. The lowest BCUT2D eigenvalue weighted by molar-refractivity contribution is -0.121. The standard InChI is InChI=1S/C22H28ClN3O4S/c1-18-6-8-20(9-7-18)31(28,29)26(16-19-4-2-3-5-21(19)23)17-22(27)24-10-11-25-12-14-30-15-13-25/h2-9H,10-17H2,1H3,(H,24,27). The van der Waals surface area contributed by atoms with Crippen LogP contribution < -0.4 is 5.32 Å². The molecule has 7 nitrogen and oxygen atoms in total. The first-order valence-corrected chi connectivity index (χ1v) is 12.0. The number of nitrogens with one attached hydrogen (secondary N) is 1.